The third kappa shape index (κ3) is 22.3. The molecule has 0 heterocycles. The summed E-state index contributed by atoms with van der Waals surface area (Å²) < 4.78 is 0.224. The second kappa shape index (κ2) is 22.6. The van der Waals surface area contributed by atoms with Gasteiger partial charge in [-0.2, -0.15) is 0 Å². The number of hydrogen-bond acceptors (Lipinski definition) is 4. The minimum Gasteiger partial charge on any atom is -0.550 e. The number of carboxylic acids is 3. The highest BCUT2D eigenvalue weighted by atomic mass is 16.4. The zero-order chi connectivity index (χ0) is 26.2. The van der Waals surface area contributed by atoms with Crippen LogP contribution in [0.1, 0.15) is 122 Å². The molecule has 0 bridgehead atoms. The Labute approximate surface area is 213 Å². The molecule has 7 nitrogen and oxygen atoms in total. The Balaban J connectivity index is 4.02. The molecule has 7 heteroatoms. The maximum atomic E-state index is 11.1. The first-order valence-corrected chi connectivity index (χ1v) is 13.9. The standard InChI is InChI=1S/C28H51NO6/c1-2-3-4-5-6-7-8-9-10-11-12-13-14-15-16-17-18-22-29(23-19-26(30)31,24-20-27(32)33)25-21-28(34)35/h4-5H,2-3,6-25H2,1H3,(H2-,30,31,32,33,34,35)/b5-4+. The fourth-order valence-corrected chi connectivity index (χ4v) is 4.54. The van der Waals surface area contributed by atoms with Crippen LogP contribution in [0.15, 0.2) is 12.2 Å². The van der Waals surface area contributed by atoms with Crippen LogP contribution in [0.4, 0.5) is 0 Å². The van der Waals surface area contributed by atoms with E-state index in [1.165, 1.54) is 77.0 Å². The quantitative estimate of drug-likeness (QED) is 0.0949. The van der Waals surface area contributed by atoms with Crippen molar-refractivity contribution in [2.45, 2.75) is 122 Å². The summed E-state index contributed by atoms with van der Waals surface area (Å²) in [5.74, 6) is -3.08. The Bertz CT molecular complexity index is 544. The van der Waals surface area contributed by atoms with Crippen LogP contribution >= 0.6 is 0 Å². The lowest BCUT2D eigenvalue weighted by Crippen LogP contribution is -2.53. The summed E-state index contributed by atoms with van der Waals surface area (Å²) in [6.07, 6.45) is 22.4. The van der Waals surface area contributed by atoms with Gasteiger partial charge >= 0.3 is 11.9 Å². The number of nitrogens with zero attached hydrogens (tertiary/aromatic N) is 1. The summed E-state index contributed by atoms with van der Waals surface area (Å²) in [4.78, 5) is 33.2. The predicted molar refractivity (Wildman–Crippen MR) is 138 cm³/mol. The summed E-state index contributed by atoms with van der Waals surface area (Å²) >= 11 is 0. The number of rotatable bonds is 26. The zero-order valence-corrected chi connectivity index (χ0v) is 22.2. The topological polar surface area (TPSA) is 115 Å². The molecule has 0 aliphatic heterocycles. The largest absolute Gasteiger partial charge is 0.550 e. The SMILES string of the molecule is CCC/C=C/CCCCCCCCCCCCCC[N+](CCC(=O)[O-])(CCC(=O)O)CCC(=O)O. The van der Waals surface area contributed by atoms with E-state index >= 15 is 0 Å². The third-order valence-electron chi connectivity index (χ3n) is 6.77. The highest BCUT2D eigenvalue weighted by Gasteiger charge is 2.28. The molecule has 0 amide bonds. The molecule has 204 valence electrons. The number of hydrogen-bond donors (Lipinski definition) is 2. The zero-order valence-electron chi connectivity index (χ0n) is 22.2. The van der Waals surface area contributed by atoms with Crippen LogP contribution in [0.3, 0.4) is 0 Å². The van der Waals surface area contributed by atoms with Gasteiger partial charge in [-0.3, -0.25) is 9.59 Å². The summed E-state index contributed by atoms with van der Waals surface area (Å²) in [6.45, 7) is 3.55. The molecule has 0 aromatic heterocycles. The molecule has 0 atom stereocenters. The Morgan fingerprint density at radius 2 is 1.00 bits per heavy atom. The van der Waals surface area contributed by atoms with E-state index in [1.807, 2.05) is 0 Å². The first kappa shape index (κ1) is 33.1. The van der Waals surface area contributed by atoms with E-state index < -0.39 is 17.9 Å². The van der Waals surface area contributed by atoms with Crippen LogP contribution in [0.5, 0.6) is 0 Å². The van der Waals surface area contributed by atoms with E-state index in [0.717, 1.165) is 19.3 Å². The number of aliphatic carboxylic acids is 3. The van der Waals surface area contributed by atoms with Gasteiger partial charge in [0.2, 0.25) is 0 Å². The Morgan fingerprint density at radius 3 is 1.43 bits per heavy atom. The van der Waals surface area contributed by atoms with E-state index in [1.54, 1.807) is 0 Å². The van der Waals surface area contributed by atoms with Gasteiger partial charge in [0.15, 0.2) is 0 Å². The molecule has 0 aliphatic carbocycles. The molecule has 35 heavy (non-hydrogen) atoms. The molecule has 2 N–H and O–H groups in total. The molecule has 0 spiro atoms. The van der Waals surface area contributed by atoms with Gasteiger partial charge in [-0.15, -0.1) is 0 Å². The van der Waals surface area contributed by atoms with Crippen LogP contribution in [0.25, 0.3) is 0 Å². The molecule has 0 saturated carbocycles. The molecule has 0 aromatic rings. The molecule has 0 rings (SSSR count). The normalized spacial score (nSPS) is 11.8. The lowest BCUT2D eigenvalue weighted by atomic mass is 10.0. The fraction of sp³-hybridized carbons (Fsp3) is 0.821. The lowest BCUT2D eigenvalue weighted by Gasteiger charge is -2.38. The highest BCUT2D eigenvalue weighted by Crippen LogP contribution is 2.17. The molecular formula is C28H51NO6. The minimum atomic E-state index is -1.18. The second-order valence-corrected chi connectivity index (χ2v) is 9.94. The van der Waals surface area contributed by atoms with Crippen molar-refractivity contribution < 1.29 is 34.2 Å². The van der Waals surface area contributed by atoms with E-state index in [-0.39, 0.29) is 43.4 Å². The lowest BCUT2D eigenvalue weighted by molar-refractivity contribution is -0.927. The van der Waals surface area contributed by atoms with Gasteiger partial charge in [-0.25, -0.2) is 0 Å². The first-order valence-electron chi connectivity index (χ1n) is 13.9. The third-order valence-corrected chi connectivity index (χ3v) is 6.77. The van der Waals surface area contributed by atoms with Gasteiger partial charge in [0.25, 0.3) is 0 Å². The van der Waals surface area contributed by atoms with Crippen molar-refractivity contribution in [2.24, 2.45) is 0 Å². The number of quaternary nitrogens is 1. The molecule has 0 fully saturated rings. The number of carboxylic acid groups (broad SMARTS) is 3. The summed E-state index contributed by atoms with van der Waals surface area (Å²) in [6, 6.07) is 0. The van der Waals surface area contributed by atoms with Gasteiger partial charge in [-0.05, 0) is 32.1 Å². The van der Waals surface area contributed by atoms with Crippen molar-refractivity contribution in [3.63, 3.8) is 0 Å². The minimum absolute atomic E-state index is 0.0946. The van der Waals surface area contributed by atoms with Crippen LogP contribution in [-0.2, 0) is 14.4 Å². The number of allylic oxidation sites excluding steroid dienone is 2. The monoisotopic (exact) mass is 497 g/mol. The Hall–Kier alpha value is -1.89. The van der Waals surface area contributed by atoms with E-state index in [9.17, 15) is 19.5 Å². The van der Waals surface area contributed by atoms with Crippen LogP contribution in [0.2, 0.25) is 0 Å². The maximum absolute atomic E-state index is 11.1. The smallest absolute Gasteiger partial charge is 0.309 e. The molecule has 0 aliphatic rings. The van der Waals surface area contributed by atoms with Crippen molar-refractivity contribution in [1.82, 2.24) is 0 Å². The van der Waals surface area contributed by atoms with Crippen LogP contribution in [0, 0.1) is 0 Å². The molecule has 0 radical (unpaired) electrons. The molecule has 0 unspecified atom stereocenters. The van der Waals surface area contributed by atoms with Gasteiger partial charge in [0, 0.05) is 12.4 Å². The maximum Gasteiger partial charge on any atom is 0.309 e. The summed E-state index contributed by atoms with van der Waals surface area (Å²) in [7, 11) is 0. The number of unbranched alkanes of at least 4 members (excludes halogenated alkanes) is 13. The number of carbonyl (C=O) groups excluding carboxylic acids is 1. The van der Waals surface area contributed by atoms with Crippen LogP contribution < -0.4 is 5.11 Å². The van der Waals surface area contributed by atoms with Crippen LogP contribution in [-0.4, -0.2) is 58.8 Å². The molecular weight excluding hydrogens is 446 g/mol. The molecule has 0 saturated heterocycles. The Kier molecular flexibility index (Phi) is 21.3. The fourth-order valence-electron chi connectivity index (χ4n) is 4.54. The van der Waals surface area contributed by atoms with E-state index in [0.29, 0.717) is 6.54 Å². The number of carbonyl (C=O) groups is 3. The predicted octanol–water partition coefficient (Wildman–Crippen LogP) is 5.32. The average molecular weight is 498 g/mol. The van der Waals surface area contributed by atoms with Crippen molar-refractivity contribution in [3.05, 3.63) is 12.2 Å². The summed E-state index contributed by atoms with van der Waals surface area (Å²) in [5, 5.41) is 29.2. The Morgan fingerprint density at radius 1 is 0.600 bits per heavy atom. The van der Waals surface area contributed by atoms with Gasteiger partial charge < -0.3 is 24.6 Å². The molecule has 0 aromatic carbocycles. The van der Waals surface area contributed by atoms with E-state index in [4.69, 9.17) is 10.2 Å². The summed E-state index contributed by atoms with van der Waals surface area (Å²) in [5.41, 5.74) is 0. The second-order valence-electron chi connectivity index (χ2n) is 9.94. The first-order chi connectivity index (χ1) is 16.8. The van der Waals surface area contributed by atoms with Crippen molar-refractivity contribution in [3.8, 4) is 0 Å². The van der Waals surface area contributed by atoms with Gasteiger partial charge in [0.1, 0.15) is 0 Å². The van der Waals surface area contributed by atoms with E-state index in [2.05, 4.69) is 19.1 Å². The van der Waals surface area contributed by atoms with Crippen molar-refractivity contribution in [1.29, 1.82) is 0 Å². The van der Waals surface area contributed by atoms with Crippen molar-refractivity contribution in [2.75, 3.05) is 26.2 Å². The highest BCUT2D eigenvalue weighted by molar-refractivity contribution is 5.67. The van der Waals surface area contributed by atoms with Gasteiger partial charge in [0.05, 0.1) is 39.0 Å². The average Bonchev–Trinajstić information content (AvgIpc) is 2.81. The van der Waals surface area contributed by atoms with Crippen molar-refractivity contribution >= 4 is 17.9 Å². The van der Waals surface area contributed by atoms with Gasteiger partial charge in [-0.1, -0.05) is 83.3 Å².